The molecule has 57 heavy (non-hydrogen) atoms. The van der Waals surface area contributed by atoms with Crippen molar-refractivity contribution in [2.24, 2.45) is 0 Å². The van der Waals surface area contributed by atoms with Crippen LogP contribution in [0.25, 0.3) is 78.0 Å². The summed E-state index contributed by atoms with van der Waals surface area (Å²) in [4.78, 5) is 17.7. The van der Waals surface area contributed by atoms with Gasteiger partial charge in [0.1, 0.15) is 11.2 Å². The number of benzene rings is 8. The van der Waals surface area contributed by atoms with Crippen LogP contribution in [0.1, 0.15) is 25.0 Å². The Balaban J connectivity index is 1.21. The highest BCUT2D eigenvalue weighted by molar-refractivity contribution is 6.17. The molecule has 11 rings (SSSR count). The van der Waals surface area contributed by atoms with Gasteiger partial charge in [-0.25, -0.2) is 15.0 Å². The van der Waals surface area contributed by atoms with Crippen molar-refractivity contribution in [3.63, 3.8) is 0 Å². The standard InChI is InChI=1S/C52H36N4O/c1-52(2)43-25-15-14-24-40(43)41-27-26-39(32-44(41)52)56(38-22-10-5-11-23-38)45-29-37(31-47-48(45)42-28-35-20-12-13-21-36(35)30-46(42)57-47)51-54-49(33-16-6-3-7-17-33)53-50(55-51)34-18-8-4-9-19-34/h3-32H,1-2H3. The van der Waals surface area contributed by atoms with Crippen molar-refractivity contribution >= 4 is 49.8 Å². The van der Waals surface area contributed by atoms with Gasteiger partial charge in [-0.15, -0.1) is 0 Å². The largest absolute Gasteiger partial charge is 0.456 e. The first-order valence-corrected chi connectivity index (χ1v) is 19.4. The number of fused-ring (bicyclic) bond motifs is 7. The van der Waals surface area contributed by atoms with E-state index in [1.165, 1.54) is 22.3 Å². The predicted octanol–water partition coefficient (Wildman–Crippen LogP) is 13.7. The van der Waals surface area contributed by atoms with Crippen LogP contribution in [0, 0.1) is 0 Å². The second-order valence-corrected chi connectivity index (χ2v) is 15.3. The van der Waals surface area contributed by atoms with Gasteiger partial charge >= 0.3 is 0 Å². The van der Waals surface area contributed by atoms with Gasteiger partial charge in [-0.1, -0.05) is 147 Å². The first-order chi connectivity index (χ1) is 28.0. The molecule has 2 heterocycles. The topological polar surface area (TPSA) is 55.1 Å². The van der Waals surface area contributed by atoms with E-state index in [2.05, 4.69) is 140 Å². The average Bonchev–Trinajstić information content (AvgIpc) is 3.74. The smallest absolute Gasteiger partial charge is 0.164 e. The maximum Gasteiger partial charge on any atom is 0.164 e. The summed E-state index contributed by atoms with van der Waals surface area (Å²) >= 11 is 0. The zero-order valence-electron chi connectivity index (χ0n) is 31.5. The molecule has 5 nitrogen and oxygen atoms in total. The lowest BCUT2D eigenvalue weighted by Gasteiger charge is -2.29. The summed E-state index contributed by atoms with van der Waals surface area (Å²) in [7, 11) is 0. The molecule has 0 unspecified atom stereocenters. The molecule has 2 aromatic heterocycles. The van der Waals surface area contributed by atoms with Crippen molar-refractivity contribution in [3.05, 3.63) is 193 Å². The number of hydrogen-bond donors (Lipinski definition) is 0. The van der Waals surface area contributed by atoms with Gasteiger partial charge in [-0.2, -0.15) is 0 Å². The van der Waals surface area contributed by atoms with Crippen LogP contribution in [-0.4, -0.2) is 15.0 Å². The molecule has 0 spiro atoms. The number of anilines is 3. The van der Waals surface area contributed by atoms with Crippen molar-refractivity contribution in [1.82, 2.24) is 15.0 Å². The van der Waals surface area contributed by atoms with E-state index in [9.17, 15) is 0 Å². The third-order valence-corrected chi connectivity index (χ3v) is 11.5. The zero-order valence-corrected chi connectivity index (χ0v) is 31.5. The van der Waals surface area contributed by atoms with Crippen molar-refractivity contribution in [2.45, 2.75) is 19.3 Å². The summed E-state index contributed by atoms with van der Waals surface area (Å²) in [6.45, 7) is 4.66. The van der Waals surface area contributed by atoms with E-state index in [-0.39, 0.29) is 5.41 Å². The summed E-state index contributed by atoms with van der Waals surface area (Å²) < 4.78 is 6.87. The highest BCUT2D eigenvalue weighted by atomic mass is 16.3. The minimum Gasteiger partial charge on any atom is -0.456 e. The Bertz CT molecular complexity index is 3100. The Kier molecular flexibility index (Phi) is 7.45. The second-order valence-electron chi connectivity index (χ2n) is 15.3. The molecule has 0 aliphatic heterocycles. The lowest BCUT2D eigenvalue weighted by molar-refractivity contribution is 0.660. The first kappa shape index (κ1) is 33.0. The van der Waals surface area contributed by atoms with E-state index < -0.39 is 0 Å². The van der Waals surface area contributed by atoms with Crippen LogP contribution in [-0.2, 0) is 5.41 Å². The molecular formula is C52H36N4O. The number of nitrogens with zero attached hydrogens (tertiary/aromatic N) is 4. The number of hydrogen-bond acceptors (Lipinski definition) is 5. The van der Waals surface area contributed by atoms with Crippen LogP contribution in [0.5, 0.6) is 0 Å². The van der Waals surface area contributed by atoms with E-state index in [0.29, 0.717) is 17.5 Å². The predicted molar refractivity (Wildman–Crippen MR) is 233 cm³/mol. The SMILES string of the molecule is CC1(C)c2ccccc2-c2ccc(N(c3ccccc3)c3cc(-c4nc(-c5ccccc5)nc(-c5ccccc5)n4)cc4oc5cc6ccccc6cc5c34)cc21. The highest BCUT2D eigenvalue weighted by Gasteiger charge is 2.36. The molecule has 5 heteroatoms. The lowest BCUT2D eigenvalue weighted by atomic mass is 9.82. The van der Waals surface area contributed by atoms with Crippen molar-refractivity contribution in [2.75, 3.05) is 4.90 Å². The van der Waals surface area contributed by atoms with Crippen molar-refractivity contribution in [1.29, 1.82) is 0 Å². The number of rotatable bonds is 6. The number of para-hydroxylation sites is 1. The van der Waals surface area contributed by atoms with Gasteiger partial charge in [0, 0.05) is 38.9 Å². The summed E-state index contributed by atoms with van der Waals surface area (Å²) in [6, 6.07) is 63.7. The zero-order chi connectivity index (χ0) is 38.1. The van der Waals surface area contributed by atoms with E-state index in [1.54, 1.807) is 0 Å². The molecule has 0 fully saturated rings. The highest BCUT2D eigenvalue weighted by Crippen LogP contribution is 2.52. The molecular weight excluding hydrogens is 697 g/mol. The third-order valence-electron chi connectivity index (χ3n) is 11.5. The van der Waals surface area contributed by atoms with E-state index in [0.717, 1.165) is 66.5 Å². The van der Waals surface area contributed by atoms with Gasteiger partial charge in [0.15, 0.2) is 17.5 Å². The lowest BCUT2D eigenvalue weighted by Crippen LogP contribution is -2.16. The Hall–Kier alpha value is -7.37. The molecule has 0 amide bonds. The van der Waals surface area contributed by atoms with E-state index >= 15 is 0 Å². The molecule has 1 aliphatic rings. The molecule has 0 bridgehead atoms. The van der Waals surface area contributed by atoms with Gasteiger partial charge < -0.3 is 9.32 Å². The monoisotopic (exact) mass is 732 g/mol. The first-order valence-electron chi connectivity index (χ1n) is 19.4. The minimum atomic E-state index is -0.171. The molecule has 10 aromatic rings. The molecule has 0 atom stereocenters. The van der Waals surface area contributed by atoms with Gasteiger partial charge in [0.05, 0.1) is 11.1 Å². The fourth-order valence-corrected chi connectivity index (χ4v) is 8.65. The van der Waals surface area contributed by atoms with Crippen LogP contribution < -0.4 is 4.90 Å². The Morgan fingerprint density at radius 1 is 0.439 bits per heavy atom. The fraction of sp³-hybridized carbons (Fsp3) is 0.0577. The van der Waals surface area contributed by atoms with E-state index in [4.69, 9.17) is 19.4 Å². The number of furan rings is 1. The Labute approximate surface area is 330 Å². The summed E-state index contributed by atoms with van der Waals surface area (Å²) in [5.41, 5.74) is 12.4. The third kappa shape index (κ3) is 5.42. The summed E-state index contributed by atoms with van der Waals surface area (Å²) in [5, 5.41) is 4.35. The summed E-state index contributed by atoms with van der Waals surface area (Å²) in [6.07, 6.45) is 0. The molecule has 0 N–H and O–H groups in total. The Morgan fingerprint density at radius 2 is 1.00 bits per heavy atom. The van der Waals surface area contributed by atoms with Crippen LogP contribution in [0.4, 0.5) is 17.1 Å². The average molecular weight is 733 g/mol. The van der Waals surface area contributed by atoms with Gasteiger partial charge in [0.2, 0.25) is 0 Å². The molecule has 0 saturated carbocycles. The van der Waals surface area contributed by atoms with Crippen LogP contribution in [0.3, 0.4) is 0 Å². The van der Waals surface area contributed by atoms with Gasteiger partial charge in [-0.3, -0.25) is 0 Å². The van der Waals surface area contributed by atoms with Gasteiger partial charge in [-0.05, 0) is 81.6 Å². The fourth-order valence-electron chi connectivity index (χ4n) is 8.65. The van der Waals surface area contributed by atoms with Gasteiger partial charge in [0.25, 0.3) is 0 Å². The van der Waals surface area contributed by atoms with E-state index in [1.807, 2.05) is 60.7 Å². The molecule has 0 radical (unpaired) electrons. The Morgan fingerprint density at radius 3 is 1.68 bits per heavy atom. The second kappa shape index (κ2) is 12.9. The molecule has 1 aliphatic carbocycles. The number of aromatic nitrogens is 3. The quantitative estimate of drug-likeness (QED) is 0.170. The van der Waals surface area contributed by atoms with Crippen LogP contribution in [0.2, 0.25) is 0 Å². The molecule has 270 valence electrons. The normalized spacial score (nSPS) is 12.9. The molecule has 0 saturated heterocycles. The summed E-state index contributed by atoms with van der Waals surface area (Å²) in [5.74, 6) is 1.78. The minimum absolute atomic E-state index is 0.171. The maximum atomic E-state index is 6.87. The maximum absolute atomic E-state index is 6.87. The van der Waals surface area contributed by atoms with Crippen molar-refractivity contribution in [3.8, 4) is 45.3 Å². The van der Waals surface area contributed by atoms with Crippen LogP contribution in [0.15, 0.2) is 186 Å². The van der Waals surface area contributed by atoms with Crippen LogP contribution >= 0.6 is 0 Å². The van der Waals surface area contributed by atoms with Crippen molar-refractivity contribution < 1.29 is 4.42 Å². The molecule has 8 aromatic carbocycles.